The van der Waals surface area contributed by atoms with E-state index in [1.807, 2.05) is 0 Å². The number of hydrogen-bond acceptors (Lipinski definition) is 4. The van der Waals surface area contributed by atoms with E-state index in [4.69, 9.17) is 0 Å². The number of imide groups is 1. The van der Waals surface area contributed by atoms with Crippen LogP contribution >= 0.6 is 0 Å². The van der Waals surface area contributed by atoms with E-state index in [-0.39, 0.29) is 17.7 Å². The summed E-state index contributed by atoms with van der Waals surface area (Å²) in [7, 11) is 0. The molecule has 1 N–H and O–H groups in total. The van der Waals surface area contributed by atoms with Crippen molar-refractivity contribution in [2.45, 2.75) is 57.5 Å². The smallest absolute Gasteiger partial charge is 0.251 e. The van der Waals surface area contributed by atoms with E-state index in [0.29, 0.717) is 31.3 Å². The van der Waals surface area contributed by atoms with Gasteiger partial charge in [-0.25, -0.2) is 0 Å². The molecule has 3 amide bonds. The molecule has 1 aliphatic carbocycles. The maximum atomic E-state index is 13.0. The van der Waals surface area contributed by atoms with Crippen LogP contribution in [0.15, 0.2) is 53.1 Å². The Morgan fingerprint density at radius 2 is 1.72 bits per heavy atom. The van der Waals surface area contributed by atoms with E-state index in [2.05, 4.69) is 53.5 Å². The van der Waals surface area contributed by atoms with Crippen LogP contribution in [0.3, 0.4) is 0 Å². The molecular formula is C26H31N3O3. The molecule has 1 aromatic rings. The summed E-state index contributed by atoms with van der Waals surface area (Å²) in [5.74, 6) is -0.0244. The number of allylic oxidation sites excluding steroid dienone is 1. The molecule has 6 heteroatoms. The van der Waals surface area contributed by atoms with Crippen LogP contribution in [-0.2, 0) is 14.4 Å². The predicted octanol–water partition coefficient (Wildman–Crippen LogP) is 3.12. The molecule has 2 atom stereocenters. The lowest BCUT2D eigenvalue weighted by Gasteiger charge is -2.37. The van der Waals surface area contributed by atoms with E-state index in [0.717, 1.165) is 49.9 Å². The molecule has 6 nitrogen and oxygen atoms in total. The molecule has 2 fully saturated rings. The normalized spacial score (nSPS) is 26.2. The van der Waals surface area contributed by atoms with Crippen LogP contribution in [0.2, 0.25) is 0 Å². The Morgan fingerprint density at radius 1 is 0.969 bits per heavy atom. The Balaban J connectivity index is 1.22. The van der Waals surface area contributed by atoms with Gasteiger partial charge in [0.05, 0.1) is 0 Å². The van der Waals surface area contributed by atoms with Crippen molar-refractivity contribution in [2.75, 3.05) is 19.6 Å². The summed E-state index contributed by atoms with van der Waals surface area (Å²) < 4.78 is 0. The minimum absolute atomic E-state index is 0.0173. The van der Waals surface area contributed by atoms with Gasteiger partial charge in [-0.1, -0.05) is 42.0 Å². The highest BCUT2D eigenvalue weighted by Gasteiger charge is 2.41. The number of likely N-dealkylation sites (tertiary alicyclic amines) is 1. The highest BCUT2D eigenvalue weighted by Crippen LogP contribution is 2.39. The van der Waals surface area contributed by atoms with Crippen molar-refractivity contribution < 1.29 is 14.4 Å². The Hall–Kier alpha value is -2.73. The molecular weight excluding hydrogens is 402 g/mol. The molecule has 0 saturated carbocycles. The lowest BCUT2D eigenvalue weighted by Crippen LogP contribution is -2.53. The van der Waals surface area contributed by atoms with E-state index < -0.39 is 6.04 Å². The number of hydrogen-bond donors (Lipinski definition) is 1. The molecule has 2 unspecified atom stereocenters. The van der Waals surface area contributed by atoms with Crippen molar-refractivity contribution in [1.82, 2.24) is 15.1 Å². The van der Waals surface area contributed by atoms with Crippen LogP contribution < -0.4 is 5.32 Å². The average molecular weight is 434 g/mol. The quantitative estimate of drug-likeness (QED) is 0.741. The van der Waals surface area contributed by atoms with Crippen LogP contribution in [-0.4, -0.2) is 53.2 Å². The van der Waals surface area contributed by atoms with Crippen molar-refractivity contribution in [3.63, 3.8) is 0 Å². The number of nitrogens with zero attached hydrogens (tertiary/aromatic N) is 2. The topological polar surface area (TPSA) is 69.7 Å². The van der Waals surface area contributed by atoms with E-state index in [1.54, 1.807) is 4.90 Å². The first-order valence-electron chi connectivity index (χ1n) is 11.9. The Morgan fingerprint density at radius 3 is 2.44 bits per heavy atom. The van der Waals surface area contributed by atoms with Crippen molar-refractivity contribution in [3.05, 3.63) is 58.7 Å². The number of rotatable bonds is 4. The standard InChI is InChI=1S/C26H31N3O3/c1-17(18-5-3-2-4-6-18)28-13-11-19(12-14-28)20-7-8-22-21(15-20)16-29(26(22)32)23-9-10-24(30)27-25(23)31/h2-6,15,17,19,23H,7-14,16H2,1H3,(H,27,30,31). The second-order valence-electron chi connectivity index (χ2n) is 9.52. The number of amides is 3. The van der Waals surface area contributed by atoms with Crippen LogP contribution in [0.5, 0.6) is 0 Å². The zero-order chi connectivity index (χ0) is 22.2. The first-order chi connectivity index (χ1) is 15.5. The minimum Gasteiger partial charge on any atom is -0.323 e. The highest BCUT2D eigenvalue weighted by molar-refractivity contribution is 6.05. The van der Waals surface area contributed by atoms with E-state index in [9.17, 15) is 14.4 Å². The molecule has 0 bridgehead atoms. The van der Waals surface area contributed by atoms with Gasteiger partial charge >= 0.3 is 0 Å². The predicted molar refractivity (Wildman–Crippen MR) is 121 cm³/mol. The number of carbonyl (C=O) groups excluding carboxylic acids is 3. The molecule has 32 heavy (non-hydrogen) atoms. The van der Waals surface area contributed by atoms with Gasteiger partial charge in [-0.05, 0) is 69.2 Å². The third-order valence-electron chi connectivity index (χ3n) is 7.74. The summed E-state index contributed by atoms with van der Waals surface area (Å²) in [6.45, 7) is 4.96. The highest BCUT2D eigenvalue weighted by atomic mass is 16.2. The monoisotopic (exact) mass is 433 g/mol. The van der Waals surface area contributed by atoms with Gasteiger partial charge in [0, 0.05) is 24.6 Å². The van der Waals surface area contributed by atoms with Gasteiger partial charge in [0.2, 0.25) is 11.8 Å². The molecule has 4 aliphatic rings. The summed E-state index contributed by atoms with van der Waals surface area (Å²) in [5.41, 5.74) is 4.79. The SMILES string of the molecule is CC(c1ccccc1)N1CCC(C2=CC3=C(CC2)C(=O)N(C2CCC(=O)NC2=O)C3)CC1. The van der Waals surface area contributed by atoms with Gasteiger partial charge in [-0.3, -0.25) is 24.6 Å². The molecule has 2 saturated heterocycles. The molecule has 0 radical (unpaired) electrons. The van der Waals surface area contributed by atoms with Crippen LogP contribution in [0.25, 0.3) is 0 Å². The first kappa shape index (κ1) is 21.1. The van der Waals surface area contributed by atoms with Gasteiger partial charge in [-0.2, -0.15) is 0 Å². The van der Waals surface area contributed by atoms with E-state index >= 15 is 0 Å². The van der Waals surface area contributed by atoms with Crippen LogP contribution in [0, 0.1) is 5.92 Å². The molecule has 0 aromatic heterocycles. The number of nitrogens with one attached hydrogen (secondary N) is 1. The molecule has 0 spiro atoms. The molecule has 3 aliphatic heterocycles. The number of piperidine rings is 2. The summed E-state index contributed by atoms with van der Waals surface area (Å²) in [4.78, 5) is 41.0. The fourth-order valence-corrected chi connectivity index (χ4v) is 5.78. The lowest BCUT2D eigenvalue weighted by atomic mass is 9.81. The summed E-state index contributed by atoms with van der Waals surface area (Å²) in [5, 5.41) is 2.38. The van der Waals surface area contributed by atoms with E-state index in [1.165, 1.54) is 11.1 Å². The Bertz CT molecular complexity index is 989. The Kier molecular flexibility index (Phi) is 5.72. The summed E-state index contributed by atoms with van der Waals surface area (Å²) in [6.07, 6.45) is 6.98. The van der Waals surface area contributed by atoms with Gasteiger partial charge < -0.3 is 4.90 Å². The maximum Gasteiger partial charge on any atom is 0.251 e. The second-order valence-corrected chi connectivity index (χ2v) is 9.52. The van der Waals surface area contributed by atoms with Crippen molar-refractivity contribution in [1.29, 1.82) is 0 Å². The minimum atomic E-state index is -0.523. The third-order valence-corrected chi connectivity index (χ3v) is 7.74. The summed E-state index contributed by atoms with van der Waals surface area (Å²) >= 11 is 0. The largest absolute Gasteiger partial charge is 0.323 e. The zero-order valence-corrected chi connectivity index (χ0v) is 18.7. The second kappa shape index (κ2) is 8.66. The fraction of sp³-hybridized carbons (Fsp3) is 0.500. The number of benzene rings is 1. The zero-order valence-electron chi connectivity index (χ0n) is 18.7. The fourth-order valence-electron chi connectivity index (χ4n) is 5.78. The van der Waals surface area contributed by atoms with Crippen molar-refractivity contribution in [2.24, 2.45) is 5.92 Å². The molecule has 5 rings (SSSR count). The van der Waals surface area contributed by atoms with Crippen molar-refractivity contribution in [3.8, 4) is 0 Å². The first-order valence-corrected chi connectivity index (χ1v) is 11.9. The molecule has 3 heterocycles. The summed E-state index contributed by atoms with van der Waals surface area (Å²) in [6, 6.07) is 10.6. The Labute approximate surface area is 189 Å². The maximum absolute atomic E-state index is 13.0. The lowest BCUT2D eigenvalue weighted by molar-refractivity contribution is -0.142. The molecule has 168 valence electrons. The van der Waals surface area contributed by atoms with Gasteiger partial charge in [0.1, 0.15) is 6.04 Å². The van der Waals surface area contributed by atoms with Gasteiger partial charge in [-0.15, -0.1) is 0 Å². The van der Waals surface area contributed by atoms with Crippen LogP contribution in [0.4, 0.5) is 0 Å². The third kappa shape index (κ3) is 3.92. The number of carbonyl (C=O) groups is 3. The molecule has 1 aromatic carbocycles. The van der Waals surface area contributed by atoms with Gasteiger partial charge in [0.15, 0.2) is 0 Å². The van der Waals surface area contributed by atoms with Crippen molar-refractivity contribution >= 4 is 17.7 Å². The van der Waals surface area contributed by atoms with Gasteiger partial charge in [0.25, 0.3) is 5.91 Å². The average Bonchev–Trinajstić information content (AvgIpc) is 3.15. The van der Waals surface area contributed by atoms with Crippen LogP contribution in [0.1, 0.15) is 57.1 Å².